The van der Waals surface area contributed by atoms with Crippen molar-refractivity contribution in [1.29, 1.82) is 0 Å². The lowest BCUT2D eigenvalue weighted by atomic mass is 10.1. The van der Waals surface area contributed by atoms with Crippen LogP contribution in [0.15, 0.2) is 43.0 Å². The number of benzene rings is 1. The zero-order valence-corrected chi connectivity index (χ0v) is 17.4. The van der Waals surface area contributed by atoms with Gasteiger partial charge in [-0.05, 0) is 19.4 Å². The number of ether oxygens (including phenoxy) is 3. The molecule has 3 heterocycles. The van der Waals surface area contributed by atoms with Gasteiger partial charge in [0.2, 0.25) is 0 Å². The summed E-state index contributed by atoms with van der Waals surface area (Å²) in [5.41, 5.74) is 1.94. The molecule has 7 nitrogen and oxygen atoms in total. The maximum atomic E-state index is 15.8. The SMILES string of the molecule is CC1(C)O[C@@H]2[C@@H](COCc3ccccc3)[C@@H](F)[C@@H](n3cnc4c(Cl)ncnc43)[C@@H]2O1. The van der Waals surface area contributed by atoms with E-state index in [9.17, 15) is 0 Å². The number of nitrogens with zero attached hydrogens (tertiary/aromatic N) is 4. The van der Waals surface area contributed by atoms with Gasteiger partial charge in [-0.25, -0.2) is 19.3 Å². The zero-order valence-electron chi connectivity index (χ0n) is 16.6. The zero-order chi connectivity index (χ0) is 20.9. The first-order valence-corrected chi connectivity index (χ1v) is 10.3. The number of aromatic nitrogens is 4. The van der Waals surface area contributed by atoms with Crippen molar-refractivity contribution in [3.05, 3.63) is 53.7 Å². The summed E-state index contributed by atoms with van der Waals surface area (Å²) in [6.45, 7) is 4.30. The Morgan fingerprint density at radius 3 is 2.70 bits per heavy atom. The molecule has 5 atom stereocenters. The van der Waals surface area contributed by atoms with E-state index in [0.29, 0.717) is 17.8 Å². The lowest BCUT2D eigenvalue weighted by molar-refractivity contribution is -0.169. The number of fused-ring (bicyclic) bond motifs is 2. The van der Waals surface area contributed by atoms with E-state index >= 15 is 4.39 Å². The molecule has 2 fully saturated rings. The Kier molecular flexibility index (Phi) is 4.97. The molecule has 5 rings (SSSR count). The molecule has 0 unspecified atom stereocenters. The number of alkyl halides is 1. The molecule has 0 bridgehead atoms. The van der Waals surface area contributed by atoms with E-state index in [1.165, 1.54) is 6.33 Å². The molecule has 0 amide bonds. The van der Waals surface area contributed by atoms with Gasteiger partial charge in [-0.3, -0.25) is 0 Å². The molecule has 30 heavy (non-hydrogen) atoms. The summed E-state index contributed by atoms with van der Waals surface area (Å²) in [5, 5.41) is 0.232. The van der Waals surface area contributed by atoms with Gasteiger partial charge in [0, 0.05) is 5.92 Å². The molecule has 158 valence electrons. The van der Waals surface area contributed by atoms with Crippen molar-refractivity contribution in [2.45, 2.75) is 50.7 Å². The molecular weight excluding hydrogens is 411 g/mol. The van der Waals surface area contributed by atoms with Crippen LogP contribution >= 0.6 is 11.6 Å². The monoisotopic (exact) mass is 432 g/mol. The van der Waals surface area contributed by atoms with Gasteiger partial charge >= 0.3 is 0 Å². The molecule has 1 aliphatic heterocycles. The highest BCUT2D eigenvalue weighted by atomic mass is 35.5. The van der Waals surface area contributed by atoms with Crippen molar-refractivity contribution in [3.63, 3.8) is 0 Å². The van der Waals surface area contributed by atoms with Crippen LogP contribution in [0, 0.1) is 5.92 Å². The first-order valence-electron chi connectivity index (χ1n) is 9.89. The normalized spacial score (nSPS) is 30.1. The van der Waals surface area contributed by atoms with Gasteiger partial charge in [-0.15, -0.1) is 0 Å². The third-order valence-corrected chi connectivity index (χ3v) is 5.99. The Morgan fingerprint density at radius 2 is 1.90 bits per heavy atom. The van der Waals surface area contributed by atoms with Crippen LogP contribution in [0.2, 0.25) is 5.15 Å². The maximum Gasteiger partial charge on any atom is 0.165 e. The van der Waals surface area contributed by atoms with Gasteiger partial charge in [-0.1, -0.05) is 41.9 Å². The molecule has 0 N–H and O–H groups in total. The fraction of sp³-hybridized carbons (Fsp3) is 0.476. The van der Waals surface area contributed by atoms with Crippen molar-refractivity contribution in [2.75, 3.05) is 6.61 Å². The van der Waals surface area contributed by atoms with Crippen LogP contribution < -0.4 is 0 Å². The van der Waals surface area contributed by atoms with Gasteiger partial charge in [0.05, 0.1) is 31.7 Å². The Morgan fingerprint density at radius 1 is 1.13 bits per heavy atom. The average Bonchev–Trinajstić information content (AvgIpc) is 3.34. The van der Waals surface area contributed by atoms with Crippen LogP contribution in [0.1, 0.15) is 25.5 Å². The van der Waals surface area contributed by atoms with Crippen molar-refractivity contribution in [1.82, 2.24) is 19.5 Å². The van der Waals surface area contributed by atoms with Crippen molar-refractivity contribution < 1.29 is 18.6 Å². The van der Waals surface area contributed by atoms with E-state index in [0.717, 1.165) is 5.56 Å². The molecule has 9 heteroatoms. The van der Waals surface area contributed by atoms with Crippen molar-refractivity contribution >= 4 is 22.8 Å². The second kappa shape index (κ2) is 7.53. The molecule has 1 aromatic carbocycles. The summed E-state index contributed by atoms with van der Waals surface area (Å²) in [7, 11) is 0. The summed E-state index contributed by atoms with van der Waals surface area (Å²) < 4.78 is 35.5. The lowest BCUT2D eigenvalue weighted by Gasteiger charge is -2.26. The van der Waals surface area contributed by atoms with Crippen LogP contribution in [-0.2, 0) is 20.8 Å². The molecule has 1 saturated carbocycles. The molecule has 2 aromatic heterocycles. The predicted molar refractivity (Wildman–Crippen MR) is 108 cm³/mol. The quantitative estimate of drug-likeness (QED) is 0.572. The summed E-state index contributed by atoms with van der Waals surface area (Å²) in [6.07, 6.45) is 0.690. The van der Waals surface area contributed by atoms with Crippen LogP contribution in [0.25, 0.3) is 11.2 Å². The van der Waals surface area contributed by atoms with Gasteiger partial charge < -0.3 is 18.8 Å². The minimum Gasteiger partial charge on any atom is -0.376 e. The van der Waals surface area contributed by atoms with Gasteiger partial charge in [-0.2, -0.15) is 0 Å². The van der Waals surface area contributed by atoms with Gasteiger partial charge in [0.15, 0.2) is 16.6 Å². The Hall–Kier alpha value is -2.13. The third kappa shape index (κ3) is 3.37. The van der Waals surface area contributed by atoms with Gasteiger partial charge in [0.1, 0.15) is 24.1 Å². The topological polar surface area (TPSA) is 71.3 Å². The van der Waals surface area contributed by atoms with E-state index in [-0.39, 0.29) is 11.8 Å². The smallest absolute Gasteiger partial charge is 0.165 e. The highest BCUT2D eigenvalue weighted by Crippen LogP contribution is 2.49. The Bertz CT molecular complexity index is 1050. The van der Waals surface area contributed by atoms with E-state index in [1.54, 1.807) is 10.9 Å². The second-order valence-corrected chi connectivity index (χ2v) is 8.51. The molecule has 1 aliphatic carbocycles. The first-order chi connectivity index (χ1) is 14.4. The first kappa shape index (κ1) is 19.8. The Labute approximate surface area is 178 Å². The highest BCUT2D eigenvalue weighted by molar-refractivity contribution is 6.33. The number of rotatable bonds is 5. The summed E-state index contributed by atoms with van der Waals surface area (Å²) in [5.74, 6) is -1.30. The molecule has 1 saturated heterocycles. The van der Waals surface area contributed by atoms with Crippen molar-refractivity contribution in [2.24, 2.45) is 5.92 Å². The third-order valence-electron chi connectivity index (χ3n) is 5.71. The predicted octanol–water partition coefficient (Wildman–Crippen LogP) is 3.73. The fourth-order valence-electron chi connectivity index (χ4n) is 4.46. The molecule has 3 aromatic rings. The number of halogens is 2. The van der Waals surface area contributed by atoms with E-state index in [4.69, 9.17) is 25.8 Å². The maximum absolute atomic E-state index is 15.8. The highest BCUT2D eigenvalue weighted by Gasteiger charge is 2.60. The van der Waals surface area contributed by atoms with Crippen LogP contribution in [0.3, 0.4) is 0 Å². The molecule has 0 radical (unpaired) electrons. The van der Waals surface area contributed by atoms with Crippen LogP contribution in [0.4, 0.5) is 4.39 Å². The standard InChI is InChI=1S/C21H22ClFN4O3/c1-21(2)29-17-13(9-28-8-12-6-4-3-5-7-12)14(23)16(18(17)30-21)27-11-26-15-19(22)24-10-25-20(15)27/h3-7,10-11,13-14,16-18H,8-9H2,1-2H3/t13-,14+,16+,17+,18-/m0/s1. The van der Waals surface area contributed by atoms with Crippen LogP contribution in [-0.4, -0.2) is 50.3 Å². The second-order valence-electron chi connectivity index (χ2n) is 8.15. The van der Waals surface area contributed by atoms with E-state index in [1.807, 2.05) is 44.2 Å². The number of hydrogen-bond donors (Lipinski definition) is 0. The van der Waals surface area contributed by atoms with E-state index in [2.05, 4.69) is 15.0 Å². The fourth-order valence-corrected chi connectivity index (χ4v) is 4.63. The lowest BCUT2D eigenvalue weighted by Crippen LogP contribution is -2.33. The molecule has 0 spiro atoms. The average molecular weight is 433 g/mol. The largest absolute Gasteiger partial charge is 0.376 e. The summed E-state index contributed by atoms with van der Waals surface area (Å²) >= 11 is 6.13. The molecular formula is C21H22ClFN4O3. The number of hydrogen-bond acceptors (Lipinski definition) is 6. The number of imidazole rings is 1. The van der Waals surface area contributed by atoms with E-state index < -0.39 is 36.1 Å². The Balaban J connectivity index is 1.42. The minimum atomic E-state index is -1.27. The molecule has 2 aliphatic rings. The van der Waals surface area contributed by atoms with Gasteiger partial charge in [0.25, 0.3) is 0 Å². The van der Waals surface area contributed by atoms with Crippen LogP contribution in [0.5, 0.6) is 0 Å². The summed E-state index contributed by atoms with van der Waals surface area (Å²) in [6, 6.07) is 9.15. The van der Waals surface area contributed by atoms with Crippen molar-refractivity contribution in [3.8, 4) is 0 Å². The minimum absolute atomic E-state index is 0.218. The summed E-state index contributed by atoms with van der Waals surface area (Å²) in [4.78, 5) is 12.5.